The number of Topliss-reactive ketones (excluding diaryl/α,β-unsaturated/α-hetero) is 1. The highest BCUT2D eigenvalue weighted by molar-refractivity contribution is 5.79. The van der Waals surface area contributed by atoms with Crippen LogP contribution >= 0.6 is 0 Å². The molecule has 4 rings (SSSR count). The van der Waals surface area contributed by atoms with E-state index in [4.69, 9.17) is 5.11 Å². The van der Waals surface area contributed by atoms with E-state index < -0.39 is 5.97 Å². The molecule has 0 spiro atoms. The van der Waals surface area contributed by atoms with Crippen molar-refractivity contribution >= 4 is 11.8 Å². The molecule has 4 nitrogen and oxygen atoms in total. The monoisotopic (exact) mass is 418 g/mol. The van der Waals surface area contributed by atoms with Crippen LogP contribution in [-0.4, -0.2) is 28.1 Å². The van der Waals surface area contributed by atoms with Gasteiger partial charge in [-0.2, -0.15) is 0 Å². The minimum Gasteiger partial charge on any atom is -0.481 e. The molecule has 0 aromatic rings. The first-order valence-corrected chi connectivity index (χ1v) is 12.5. The number of carboxylic acids is 1. The van der Waals surface area contributed by atoms with Gasteiger partial charge in [0.05, 0.1) is 6.10 Å². The third-order valence-corrected chi connectivity index (χ3v) is 10.8. The Labute approximate surface area is 182 Å². The highest BCUT2D eigenvalue weighted by Crippen LogP contribution is 2.69. The van der Waals surface area contributed by atoms with Gasteiger partial charge in [-0.15, -0.1) is 0 Å². The van der Waals surface area contributed by atoms with Gasteiger partial charge in [-0.3, -0.25) is 9.59 Å². The molecular formula is C26H42O4. The average Bonchev–Trinajstić information content (AvgIpc) is 3.05. The van der Waals surface area contributed by atoms with E-state index >= 15 is 0 Å². The smallest absolute Gasteiger partial charge is 0.303 e. The number of rotatable bonds is 5. The van der Waals surface area contributed by atoms with Crippen LogP contribution in [0.15, 0.2) is 0 Å². The zero-order valence-electron chi connectivity index (χ0n) is 19.4. The van der Waals surface area contributed by atoms with Crippen LogP contribution in [0, 0.1) is 52.3 Å². The fourth-order valence-corrected chi connectivity index (χ4v) is 9.29. The van der Waals surface area contributed by atoms with E-state index in [1.807, 2.05) is 0 Å². The topological polar surface area (TPSA) is 74.6 Å². The number of carbonyl (C=O) groups is 2. The van der Waals surface area contributed by atoms with Crippen LogP contribution in [0.5, 0.6) is 0 Å². The van der Waals surface area contributed by atoms with Crippen LogP contribution in [0.4, 0.5) is 0 Å². The number of carbonyl (C=O) groups excluding carboxylic acids is 1. The van der Waals surface area contributed by atoms with E-state index in [0.29, 0.717) is 47.7 Å². The SMILES string of the molecule is CC[C@H]1[C@@H](O)C2C3CCC([C@H](C)CCC(=O)O)[C@@]3(C)CCC2[C@@]2(C)CCC(=O)C[C@@H]12. The number of carboxylic acid groups (broad SMARTS) is 1. The zero-order valence-corrected chi connectivity index (χ0v) is 19.4. The summed E-state index contributed by atoms with van der Waals surface area (Å²) in [6.07, 6.45) is 8.79. The number of fused-ring (bicyclic) bond motifs is 5. The van der Waals surface area contributed by atoms with Crippen LogP contribution in [0.3, 0.4) is 0 Å². The molecule has 0 aromatic carbocycles. The quantitative estimate of drug-likeness (QED) is 0.633. The van der Waals surface area contributed by atoms with Crippen molar-refractivity contribution in [1.82, 2.24) is 0 Å². The molecular weight excluding hydrogens is 376 g/mol. The highest BCUT2D eigenvalue weighted by atomic mass is 16.4. The lowest BCUT2D eigenvalue weighted by Crippen LogP contribution is -2.61. The molecule has 4 aliphatic rings. The molecule has 10 atom stereocenters. The van der Waals surface area contributed by atoms with Gasteiger partial charge in [-0.05, 0) is 90.8 Å². The lowest BCUT2D eigenvalue weighted by Gasteiger charge is -2.64. The van der Waals surface area contributed by atoms with E-state index in [0.717, 1.165) is 32.1 Å². The van der Waals surface area contributed by atoms with Crippen LogP contribution in [0.1, 0.15) is 91.9 Å². The predicted molar refractivity (Wildman–Crippen MR) is 117 cm³/mol. The van der Waals surface area contributed by atoms with Gasteiger partial charge in [0, 0.05) is 19.3 Å². The second-order valence-electron chi connectivity index (χ2n) is 11.8. The van der Waals surface area contributed by atoms with Gasteiger partial charge < -0.3 is 10.2 Å². The summed E-state index contributed by atoms with van der Waals surface area (Å²) in [5.74, 6) is 2.69. The maximum atomic E-state index is 12.3. The second-order valence-corrected chi connectivity index (χ2v) is 11.8. The molecule has 0 radical (unpaired) electrons. The molecule has 0 aliphatic heterocycles. The Morgan fingerprint density at radius 3 is 2.47 bits per heavy atom. The molecule has 0 aromatic heterocycles. The normalized spacial score (nSPS) is 49.1. The summed E-state index contributed by atoms with van der Waals surface area (Å²) in [5, 5.41) is 20.8. The first-order chi connectivity index (χ1) is 14.1. The Morgan fingerprint density at radius 2 is 1.80 bits per heavy atom. The first-order valence-electron chi connectivity index (χ1n) is 12.5. The summed E-state index contributed by atoms with van der Waals surface area (Å²) >= 11 is 0. The van der Waals surface area contributed by atoms with Crippen molar-refractivity contribution in [3.05, 3.63) is 0 Å². The van der Waals surface area contributed by atoms with Crippen molar-refractivity contribution in [3.63, 3.8) is 0 Å². The Bertz CT molecular complexity index is 689. The van der Waals surface area contributed by atoms with Gasteiger partial charge in [0.15, 0.2) is 0 Å². The number of aliphatic carboxylic acids is 1. The minimum atomic E-state index is -0.690. The van der Waals surface area contributed by atoms with E-state index in [2.05, 4.69) is 27.7 Å². The molecule has 0 bridgehead atoms. The van der Waals surface area contributed by atoms with Crippen molar-refractivity contribution < 1.29 is 19.8 Å². The Balaban J connectivity index is 1.62. The third-order valence-electron chi connectivity index (χ3n) is 10.8. The molecule has 0 amide bonds. The van der Waals surface area contributed by atoms with Gasteiger partial charge in [0.2, 0.25) is 0 Å². The lowest BCUT2D eigenvalue weighted by atomic mass is 9.41. The van der Waals surface area contributed by atoms with Crippen LogP contribution in [0.2, 0.25) is 0 Å². The molecule has 4 fully saturated rings. The van der Waals surface area contributed by atoms with Gasteiger partial charge in [0.1, 0.15) is 5.78 Å². The van der Waals surface area contributed by atoms with Crippen LogP contribution in [0.25, 0.3) is 0 Å². The maximum Gasteiger partial charge on any atom is 0.303 e. The van der Waals surface area contributed by atoms with Gasteiger partial charge in [-0.25, -0.2) is 0 Å². The van der Waals surface area contributed by atoms with Crippen molar-refractivity contribution in [2.75, 3.05) is 0 Å². The lowest BCUT2D eigenvalue weighted by molar-refractivity contribution is -0.194. The van der Waals surface area contributed by atoms with Gasteiger partial charge in [-0.1, -0.05) is 34.1 Å². The van der Waals surface area contributed by atoms with Crippen LogP contribution < -0.4 is 0 Å². The van der Waals surface area contributed by atoms with Gasteiger partial charge >= 0.3 is 5.97 Å². The molecule has 170 valence electrons. The molecule has 4 aliphatic carbocycles. The van der Waals surface area contributed by atoms with E-state index in [1.54, 1.807) is 0 Å². The standard InChI is InChI=1S/C26H42O4/c1-5-17-21-14-16(27)10-12-26(21,4)20-11-13-25(3)18(15(2)6-9-22(28)29)7-8-19(25)23(20)24(17)30/h15,17-21,23-24,30H,5-14H2,1-4H3,(H,28,29)/t15-,17-,18?,19?,20?,21+,23?,24-,25-,26-/m1/s1. The molecule has 4 heteroatoms. The number of hydrogen-bond acceptors (Lipinski definition) is 3. The predicted octanol–water partition coefficient (Wildman–Crippen LogP) is 5.32. The Morgan fingerprint density at radius 1 is 1.10 bits per heavy atom. The maximum absolute atomic E-state index is 12.3. The highest BCUT2D eigenvalue weighted by Gasteiger charge is 2.64. The largest absolute Gasteiger partial charge is 0.481 e. The summed E-state index contributed by atoms with van der Waals surface area (Å²) in [6.45, 7) is 9.35. The van der Waals surface area contributed by atoms with Gasteiger partial charge in [0.25, 0.3) is 0 Å². The third kappa shape index (κ3) is 3.27. The number of hydrogen-bond donors (Lipinski definition) is 2. The summed E-state index contributed by atoms with van der Waals surface area (Å²) in [6, 6.07) is 0. The fourth-order valence-electron chi connectivity index (χ4n) is 9.29. The number of aliphatic hydroxyl groups excluding tert-OH is 1. The first kappa shape index (κ1) is 22.3. The second kappa shape index (κ2) is 7.90. The molecule has 2 N–H and O–H groups in total. The van der Waals surface area contributed by atoms with Crippen molar-refractivity contribution in [2.45, 2.75) is 98.0 Å². The molecule has 0 heterocycles. The molecule has 4 unspecified atom stereocenters. The number of ketones is 1. The van der Waals surface area contributed by atoms with E-state index in [1.165, 1.54) is 19.3 Å². The van der Waals surface area contributed by atoms with Crippen LogP contribution in [-0.2, 0) is 9.59 Å². The van der Waals surface area contributed by atoms with Crippen molar-refractivity contribution in [2.24, 2.45) is 52.3 Å². The minimum absolute atomic E-state index is 0.187. The molecule has 30 heavy (non-hydrogen) atoms. The Kier molecular flexibility index (Phi) is 5.87. The molecule has 4 saturated carbocycles. The fraction of sp³-hybridized carbons (Fsp3) is 0.923. The summed E-state index contributed by atoms with van der Waals surface area (Å²) < 4.78 is 0. The average molecular weight is 419 g/mol. The summed E-state index contributed by atoms with van der Waals surface area (Å²) in [4.78, 5) is 23.4. The zero-order chi connectivity index (χ0) is 21.8. The Hall–Kier alpha value is -0.900. The molecule has 0 saturated heterocycles. The number of aliphatic hydroxyl groups is 1. The summed E-state index contributed by atoms with van der Waals surface area (Å²) in [5.41, 5.74) is 0.402. The van der Waals surface area contributed by atoms with Crippen molar-refractivity contribution in [1.29, 1.82) is 0 Å². The van der Waals surface area contributed by atoms with Crippen molar-refractivity contribution in [3.8, 4) is 0 Å². The van der Waals surface area contributed by atoms with E-state index in [-0.39, 0.29) is 29.3 Å². The summed E-state index contributed by atoms with van der Waals surface area (Å²) in [7, 11) is 0. The van der Waals surface area contributed by atoms with E-state index in [9.17, 15) is 14.7 Å².